The van der Waals surface area contributed by atoms with E-state index in [1.54, 1.807) is 18.0 Å². The van der Waals surface area contributed by atoms with Crippen LogP contribution in [0.2, 0.25) is 0 Å². The number of furan rings is 1. The van der Waals surface area contributed by atoms with Gasteiger partial charge in [-0.2, -0.15) is 0 Å². The molecule has 1 aliphatic heterocycles. The van der Waals surface area contributed by atoms with Crippen molar-refractivity contribution in [1.82, 2.24) is 15.0 Å². The smallest absolute Gasteiger partial charge is 0.326 e. The molecule has 180 valence electrons. The molecule has 9 nitrogen and oxygen atoms in total. The van der Waals surface area contributed by atoms with Crippen molar-refractivity contribution in [3.63, 3.8) is 0 Å². The lowest BCUT2D eigenvalue weighted by atomic mass is 10.0. The van der Waals surface area contributed by atoms with Gasteiger partial charge < -0.3 is 19.7 Å². The predicted octanol–water partition coefficient (Wildman–Crippen LogP) is 4.54. The van der Waals surface area contributed by atoms with Gasteiger partial charge in [-0.05, 0) is 49.6 Å². The molecule has 2 atom stereocenters. The molecule has 2 N–H and O–H groups in total. The van der Waals surface area contributed by atoms with Crippen LogP contribution >= 0.6 is 0 Å². The highest BCUT2D eigenvalue weighted by Gasteiger charge is 2.40. The Balaban J connectivity index is 1.26. The van der Waals surface area contributed by atoms with E-state index in [9.17, 15) is 14.7 Å². The maximum Gasteiger partial charge on any atom is 0.326 e. The van der Waals surface area contributed by atoms with E-state index in [4.69, 9.17) is 4.42 Å². The van der Waals surface area contributed by atoms with Crippen LogP contribution in [0, 0.1) is 12.8 Å². The summed E-state index contributed by atoms with van der Waals surface area (Å²) < 4.78 is 6.06. The number of benzene rings is 2. The van der Waals surface area contributed by atoms with Gasteiger partial charge in [-0.25, -0.2) is 14.8 Å². The van der Waals surface area contributed by atoms with Gasteiger partial charge in [-0.3, -0.25) is 9.78 Å². The molecule has 1 fully saturated rings. The lowest BCUT2D eigenvalue weighted by Crippen LogP contribution is -2.36. The Bertz CT molecular complexity index is 1650. The second-order valence-corrected chi connectivity index (χ2v) is 9.14. The standard InChI is InChI=1S/C27H23N5O4/c1-15-29-24-19-6-2-3-7-22(19)36-25(24)26(30-15)32-14-16(11-21(32)27(34)35)12-23(33)31-18-9-8-17-5-4-10-28-20(17)13-18/h2-10,13,16,21H,11-12,14H2,1H3,(H,31,33)(H,34,35)/t16-,21-/m1/s1. The number of nitrogens with one attached hydrogen (secondary N) is 1. The summed E-state index contributed by atoms with van der Waals surface area (Å²) in [6, 6.07) is 16.1. The van der Waals surface area contributed by atoms with Gasteiger partial charge in [-0.15, -0.1) is 0 Å². The molecule has 0 aliphatic carbocycles. The molecule has 1 saturated heterocycles. The Morgan fingerprint density at radius 1 is 1.14 bits per heavy atom. The van der Waals surface area contributed by atoms with E-state index in [0.29, 0.717) is 47.0 Å². The lowest BCUT2D eigenvalue weighted by molar-refractivity contribution is -0.138. The number of fused-ring (bicyclic) bond motifs is 4. The topological polar surface area (TPSA) is 121 Å². The van der Waals surface area contributed by atoms with Gasteiger partial charge in [0.05, 0.1) is 5.52 Å². The molecule has 0 spiro atoms. The monoisotopic (exact) mass is 481 g/mol. The van der Waals surface area contributed by atoms with E-state index < -0.39 is 12.0 Å². The number of aromatic nitrogens is 3. The summed E-state index contributed by atoms with van der Waals surface area (Å²) in [6.45, 7) is 2.15. The molecule has 3 aromatic heterocycles. The lowest BCUT2D eigenvalue weighted by Gasteiger charge is -2.22. The number of nitrogens with zero attached hydrogens (tertiary/aromatic N) is 4. The fourth-order valence-electron chi connectivity index (χ4n) is 5.04. The molecule has 1 amide bonds. The summed E-state index contributed by atoms with van der Waals surface area (Å²) in [5, 5.41) is 14.8. The Hall–Kier alpha value is -4.53. The van der Waals surface area contributed by atoms with Crippen molar-refractivity contribution in [3.05, 3.63) is 66.6 Å². The van der Waals surface area contributed by atoms with Crippen molar-refractivity contribution < 1.29 is 19.1 Å². The number of hydrogen-bond donors (Lipinski definition) is 2. The molecule has 5 aromatic rings. The molecule has 6 rings (SSSR count). The van der Waals surface area contributed by atoms with E-state index in [0.717, 1.165) is 16.3 Å². The quantitative estimate of drug-likeness (QED) is 0.375. The second kappa shape index (κ2) is 8.60. The maximum absolute atomic E-state index is 12.9. The SMILES string of the molecule is Cc1nc(N2C[C@@H](CC(=O)Nc3ccc4cccnc4c3)C[C@@H]2C(=O)O)c2oc3ccccc3c2n1. The number of pyridine rings is 1. The number of amides is 1. The largest absolute Gasteiger partial charge is 0.480 e. The first-order chi connectivity index (χ1) is 17.5. The molecule has 0 unspecified atom stereocenters. The summed E-state index contributed by atoms with van der Waals surface area (Å²) >= 11 is 0. The third-order valence-corrected chi connectivity index (χ3v) is 6.62. The molecule has 4 heterocycles. The first kappa shape index (κ1) is 22.0. The molecule has 2 aromatic carbocycles. The number of aliphatic carboxylic acids is 1. The van der Waals surface area contributed by atoms with Crippen LogP contribution in [0.1, 0.15) is 18.7 Å². The molecule has 0 saturated carbocycles. The third kappa shape index (κ3) is 3.88. The zero-order chi connectivity index (χ0) is 24.8. The van der Waals surface area contributed by atoms with Crippen molar-refractivity contribution >= 4 is 56.4 Å². The minimum absolute atomic E-state index is 0.167. The Kier molecular flexibility index (Phi) is 5.25. The number of rotatable bonds is 5. The summed E-state index contributed by atoms with van der Waals surface area (Å²) in [6.07, 6.45) is 2.22. The summed E-state index contributed by atoms with van der Waals surface area (Å²) in [5.41, 5.74) is 3.24. The Morgan fingerprint density at radius 2 is 2.00 bits per heavy atom. The van der Waals surface area contributed by atoms with Gasteiger partial charge in [0.15, 0.2) is 11.4 Å². The van der Waals surface area contributed by atoms with Crippen molar-refractivity contribution in [3.8, 4) is 0 Å². The molecular weight excluding hydrogens is 458 g/mol. The number of carboxylic acids is 1. The number of hydrogen-bond acceptors (Lipinski definition) is 7. The average molecular weight is 482 g/mol. The average Bonchev–Trinajstić information content (AvgIpc) is 3.45. The normalized spacial score (nSPS) is 17.8. The fraction of sp³-hybridized carbons (Fsp3) is 0.222. The highest BCUT2D eigenvalue weighted by molar-refractivity contribution is 6.06. The highest BCUT2D eigenvalue weighted by Crippen LogP contribution is 2.37. The summed E-state index contributed by atoms with van der Waals surface area (Å²) in [4.78, 5) is 40.3. The van der Waals surface area contributed by atoms with E-state index in [-0.39, 0.29) is 18.2 Å². The fourth-order valence-corrected chi connectivity index (χ4v) is 5.04. The van der Waals surface area contributed by atoms with Crippen LogP contribution in [0.5, 0.6) is 0 Å². The molecule has 0 radical (unpaired) electrons. The van der Waals surface area contributed by atoms with Gasteiger partial charge in [0.25, 0.3) is 0 Å². The van der Waals surface area contributed by atoms with Crippen LogP contribution in [-0.2, 0) is 9.59 Å². The van der Waals surface area contributed by atoms with E-state index in [1.807, 2.05) is 54.6 Å². The zero-order valence-electron chi connectivity index (χ0n) is 19.5. The van der Waals surface area contributed by atoms with Crippen LogP contribution in [-0.4, -0.2) is 44.5 Å². The Morgan fingerprint density at radius 3 is 2.86 bits per heavy atom. The van der Waals surface area contributed by atoms with Gasteiger partial charge in [0.1, 0.15) is 23.0 Å². The van der Waals surface area contributed by atoms with Gasteiger partial charge >= 0.3 is 5.97 Å². The maximum atomic E-state index is 12.9. The Labute approximate surface area is 205 Å². The number of carbonyl (C=O) groups excluding carboxylic acids is 1. The van der Waals surface area contributed by atoms with Crippen LogP contribution in [0.25, 0.3) is 33.0 Å². The van der Waals surface area contributed by atoms with Gasteiger partial charge in [0.2, 0.25) is 5.91 Å². The predicted molar refractivity (Wildman–Crippen MR) is 136 cm³/mol. The summed E-state index contributed by atoms with van der Waals surface area (Å²) in [7, 11) is 0. The van der Waals surface area contributed by atoms with Crippen LogP contribution in [0.4, 0.5) is 11.5 Å². The van der Waals surface area contributed by atoms with Crippen molar-refractivity contribution in [2.75, 3.05) is 16.8 Å². The van der Waals surface area contributed by atoms with Crippen molar-refractivity contribution in [2.45, 2.75) is 25.8 Å². The number of aryl methyl sites for hydroxylation is 1. The second-order valence-electron chi connectivity index (χ2n) is 9.14. The minimum Gasteiger partial charge on any atom is -0.480 e. The van der Waals surface area contributed by atoms with E-state index >= 15 is 0 Å². The van der Waals surface area contributed by atoms with E-state index in [1.165, 1.54) is 0 Å². The molecule has 36 heavy (non-hydrogen) atoms. The highest BCUT2D eigenvalue weighted by atomic mass is 16.4. The zero-order valence-corrected chi connectivity index (χ0v) is 19.5. The van der Waals surface area contributed by atoms with Crippen molar-refractivity contribution in [2.24, 2.45) is 5.92 Å². The number of para-hydroxylation sites is 1. The van der Waals surface area contributed by atoms with Crippen LogP contribution in [0.3, 0.4) is 0 Å². The van der Waals surface area contributed by atoms with E-state index in [2.05, 4.69) is 20.3 Å². The number of carbonyl (C=O) groups is 2. The van der Waals surface area contributed by atoms with Crippen molar-refractivity contribution in [1.29, 1.82) is 0 Å². The first-order valence-electron chi connectivity index (χ1n) is 11.8. The molecule has 0 bridgehead atoms. The minimum atomic E-state index is -0.959. The van der Waals surface area contributed by atoms with Gasteiger partial charge in [0, 0.05) is 35.6 Å². The van der Waals surface area contributed by atoms with Crippen LogP contribution < -0.4 is 10.2 Å². The molecule has 1 aliphatic rings. The molecular formula is C27H23N5O4. The third-order valence-electron chi connectivity index (χ3n) is 6.62. The summed E-state index contributed by atoms with van der Waals surface area (Å²) in [5.74, 6) is -0.323. The van der Waals surface area contributed by atoms with Crippen LogP contribution in [0.15, 0.2) is 65.2 Å². The first-order valence-corrected chi connectivity index (χ1v) is 11.8. The number of anilines is 2. The number of carboxylic acid groups (broad SMARTS) is 1. The van der Waals surface area contributed by atoms with Gasteiger partial charge in [-0.1, -0.05) is 24.3 Å². The molecule has 9 heteroatoms.